The van der Waals surface area contributed by atoms with E-state index in [0.29, 0.717) is 0 Å². The Balaban J connectivity index is 1.77. The molecule has 1 saturated carbocycles. The fraction of sp³-hybridized carbons (Fsp3) is 0.500. The molecule has 0 spiro atoms. The zero-order valence-electron chi connectivity index (χ0n) is 10.2. The average molecular weight is 249 g/mol. The number of carboxylic acids is 1. The fourth-order valence-electron chi connectivity index (χ4n) is 2.88. The number of benzene rings is 1. The second-order valence-corrected chi connectivity index (χ2v) is 5.52. The molecule has 0 aromatic heterocycles. The van der Waals surface area contributed by atoms with Crippen molar-refractivity contribution in [2.75, 3.05) is 18.0 Å². The van der Waals surface area contributed by atoms with Crippen LogP contribution in [0.2, 0.25) is 0 Å². The normalized spacial score (nSPS) is 19.7. The van der Waals surface area contributed by atoms with Crippen LogP contribution < -0.4 is 4.90 Å². The topological polar surface area (TPSA) is 40.5 Å². The minimum atomic E-state index is -0.730. The Morgan fingerprint density at radius 3 is 2.89 bits per heavy atom. The molecule has 18 heavy (non-hydrogen) atoms. The first-order valence-corrected chi connectivity index (χ1v) is 6.33. The number of hydrogen-bond acceptors (Lipinski definition) is 2. The quantitative estimate of drug-likeness (QED) is 0.891. The SMILES string of the molecule is O=C(O)CC1(CN2CCc3ccc(F)cc32)CC1. The summed E-state index contributed by atoms with van der Waals surface area (Å²) in [4.78, 5) is 13.0. The van der Waals surface area contributed by atoms with Crippen LogP contribution in [0.1, 0.15) is 24.8 Å². The molecule has 1 aromatic rings. The molecule has 1 heterocycles. The van der Waals surface area contributed by atoms with Gasteiger partial charge in [-0.1, -0.05) is 6.07 Å². The maximum atomic E-state index is 13.3. The van der Waals surface area contributed by atoms with Crippen molar-refractivity contribution in [3.05, 3.63) is 29.6 Å². The Kier molecular flexibility index (Phi) is 2.54. The summed E-state index contributed by atoms with van der Waals surface area (Å²) < 4.78 is 13.3. The van der Waals surface area contributed by atoms with Gasteiger partial charge in [0, 0.05) is 18.8 Å². The minimum absolute atomic E-state index is 0.0697. The number of halogens is 1. The van der Waals surface area contributed by atoms with E-state index in [9.17, 15) is 9.18 Å². The van der Waals surface area contributed by atoms with Gasteiger partial charge in [-0.3, -0.25) is 4.79 Å². The van der Waals surface area contributed by atoms with E-state index in [0.717, 1.165) is 38.0 Å². The lowest BCUT2D eigenvalue weighted by Gasteiger charge is -2.24. The predicted octanol–water partition coefficient (Wildman–Crippen LogP) is 2.44. The number of hydrogen-bond donors (Lipinski definition) is 1. The van der Waals surface area contributed by atoms with Crippen molar-refractivity contribution in [1.29, 1.82) is 0 Å². The molecule has 0 unspecified atom stereocenters. The molecule has 4 heteroatoms. The van der Waals surface area contributed by atoms with Crippen LogP contribution in [0.15, 0.2) is 18.2 Å². The van der Waals surface area contributed by atoms with Crippen molar-refractivity contribution >= 4 is 11.7 Å². The molecule has 3 nitrogen and oxygen atoms in total. The largest absolute Gasteiger partial charge is 0.481 e. The average Bonchev–Trinajstić information content (AvgIpc) is 2.93. The molecule has 0 atom stereocenters. The highest BCUT2D eigenvalue weighted by atomic mass is 19.1. The highest BCUT2D eigenvalue weighted by molar-refractivity contribution is 5.68. The first-order chi connectivity index (χ1) is 8.58. The van der Waals surface area contributed by atoms with Gasteiger partial charge >= 0.3 is 5.97 Å². The number of fused-ring (bicyclic) bond motifs is 1. The van der Waals surface area contributed by atoms with Gasteiger partial charge in [-0.05, 0) is 42.4 Å². The van der Waals surface area contributed by atoms with Crippen molar-refractivity contribution in [1.82, 2.24) is 0 Å². The molecule has 2 aliphatic rings. The van der Waals surface area contributed by atoms with Gasteiger partial charge in [0.1, 0.15) is 5.82 Å². The lowest BCUT2D eigenvalue weighted by atomic mass is 10.0. The third-order valence-electron chi connectivity index (χ3n) is 4.05. The minimum Gasteiger partial charge on any atom is -0.481 e. The molecule has 3 rings (SSSR count). The highest BCUT2D eigenvalue weighted by Crippen LogP contribution is 2.50. The molecule has 1 fully saturated rings. The van der Waals surface area contributed by atoms with E-state index in [1.54, 1.807) is 6.07 Å². The number of nitrogens with zero attached hydrogens (tertiary/aromatic N) is 1. The van der Waals surface area contributed by atoms with Crippen LogP contribution in [-0.2, 0) is 11.2 Å². The zero-order valence-corrected chi connectivity index (χ0v) is 10.2. The summed E-state index contributed by atoms with van der Waals surface area (Å²) in [6.45, 7) is 1.62. The van der Waals surface area contributed by atoms with Gasteiger partial charge in [-0.25, -0.2) is 4.39 Å². The second kappa shape index (κ2) is 3.97. The number of aliphatic carboxylic acids is 1. The van der Waals surface area contributed by atoms with E-state index in [1.807, 2.05) is 6.07 Å². The lowest BCUT2D eigenvalue weighted by Crippen LogP contribution is -2.30. The molecular formula is C14H16FNO2. The van der Waals surface area contributed by atoms with Gasteiger partial charge in [-0.2, -0.15) is 0 Å². The second-order valence-electron chi connectivity index (χ2n) is 5.52. The van der Waals surface area contributed by atoms with E-state index in [1.165, 1.54) is 11.6 Å². The van der Waals surface area contributed by atoms with Crippen LogP contribution in [0.3, 0.4) is 0 Å². The highest BCUT2D eigenvalue weighted by Gasteiger charge is 2.46. The van der Waals surface area contributed by atoms with Crippen LogP contribution in [0.25, 0.3) is 0 Å². The number of anilines is 1. The summed E-state index contributed by atoms with van der Waals surface area (Å²) in [7, 11) is 0. The smallest absolute Gasteiger partial charge is 0.303 e. The van der Waals surface area contributed by atoms with Gasteiger partial charge < -0.3 is 10.0 Å². The van der Waals surface area contributed by atoms with Crippen LogP contribution in [0.5, 0.6) is 0 Å². The molecule has 0 saturated heterocycles. The first-order valence-electron chi connectivity index (χ1n) is 6.33. The van der Waals surface area contributed by atoms with E-state index < -0.39 is 5.97 Å². The maximum Gasteiger partial charge on any atom is 0.303 e. The molecular weight excluding hydrogens is 233 g/mol. The Morgan fingerprint density at radius 2 is 2.22 bits per heavy atom. The molecule has 1 aliphatic heterocycles. The van der Waals surface area contributed by atoms with Gasteiger partial charge in [0.25, 0.3) is 0 Å². The summed E-state index contributed by atoms with van der Waals surface area (Å²) in [6.07, 6.45) is 3.10. The number of rotatable bonds is 4. The van der Waals surface area contributed by atoms with Crippen molar-refractivity contribution in [2.24, 2.45) is 5.41 Å². The summed E-state index contributed by atoms with van der Waals surface area (Å²) in [5, 5.41) is 8.92. The molecule has 1 aromatic carbocycles. The van der Waals surface area contributed by atoms with E-state index in [-0.39, 0.29) is 17.7 Å². The maximum absolute atomic E-state index is 13.3. The van der Waals surface area contributed by atoms with E-state index in [2.05, 4.69) is 4.90 Å². The third kappa shape index (κ3) is 2.07. The van der Waals surface area contributed by atoms with Crippen LogP contribution in [0, 0.1) is 11.2 Å². The summed E-state index contributed by atoms with van der Waals surface area (Å²) >= 11 is 0. The van der Waals surface area contributed by atoms with Crippen LogP contribution in [0.4, 0.5) is 10.1 Å². The zero-order chi connectivity index (χ0) is 12.8. The van der Waals surface area contributed by atoms with Crippen molar-refractivity contribution < 1.29 is 14.3 Å². The van der Waals surface area contributed by atoms with Crippen LogP contribution in [-0.4, -0.2) is 24.2 Å². The lowest BCUT2D eigenvalue weighted by molar-refractivity contribution is -0.138. The van der Waals surface area contributed by atoms with E-state index in [4.69, 9.17) is 5.11 Å². The Hall–Kier alpha value is -1.58. The number of carboxylic acid groups (broad SMARTS) is 1. The molecule has 1 N–H and O–H groups in total. The molecule has 96 valence electrons. The van der Waals surface area contributed by atoms with Crippen molar-refractivity contribution in [3.8, 4) is 0 Å². The molecule has 1 aliphatic carbocycles. The number of carbonyl (C=O) groups is 1. The summed E-state index contributed by atoms with van der Waals surface area (Å²) in [6, 6.07) is 4.90. The van der Waals surface area contributed by atoms with Gasteiger partial charge in [0.05, 0.1) is 6.42 Å². The first kappa shape index (κ1) is 11.5. The Labute approximate surface area is 105 Å². The fourth-order valence-corrected chi connectivity index (χ4v) is 2.88. The van der Waals surface area contributed by atoms with Crippen molar-refractivity contribution in [2.45, 2.75) is 25.7 Å². The Morgan fingerprint density at radius 1 is 1.44 bits per heavy atom. The monoisotopic (exact) mass is 249 g/mol. The molecule has 0 amide bonds. The molecule has 0 bridgehead atoms. The van der Waals surface area contributed by atoms with Gasteiger partial charge in [-0.15, -0.1) is 0 Å². The Bertz CT molecular complexity index is 497. The summed E-state index contributed by atoms with van der Waals surface area (Å²) in [5.41, 5.74) is 2.05. The third-order valence-corrected chi connectivity index (χ3v) is 4.05. The predicted molar refractivity (Wildman–Crippen MR) is 66.2 cm³/mol. The van der Waals surface area contributed by atoms with Gasteiger partial charge in [0.15, 0.2) is 0 Å². The summed E-state index contributed by atoms with van der Waals surface area (Å²) in [5.74, 6) is -0.949. The van der Waals surface area contributed by atoms with Gasteiger partial charge in [0.2, 0.25) is 0 Å². The standard InChI is InChI=1S/C14H16FNO2/c15-11-2-1-10-3-6-16(12(10)7-11)9-14(4-5-14)8-13(17)18/h1-2,7H,3-6,8-9H2,(H,17,18). The van der Waals surface area contributed by atoms with E-state index >= 15 is 0 Å². The van der Waals surface area contributed by atoms with Crippen LogP contribution >= 0.6 is 0 Å². The molecule has 0 radical (unpaired) electrons. The van der Waals surface area contributed by atoms with Crippen molar-refractivity contribution in [3.63, 3.8) is 0 Å².